The number of carbonyl (C=O) groups is 1. The summed E-state index contributed by atoms with van der Waals surface area (Å²) in [6.45, 7) is 2.24. The van der Waals surface area contributed by atoms with Gasteiger partial charge in [-0.15, -0.1) is 0 Å². The van der Waals surface area contributed by atoms with Crippen LogP contribution in [0.1, 0.15) is 24.0 Å². The van der Waals surface area contributed by atoms with Gasteiger partial charge in [0, 0.05) is 19.6 Å². The van der Waals surface area contributed by atoms with Crippen molar-refractivity contribution in [1.82, 2.24) is 14.9 Å². The fourth-order valence-electron chi connectivity index (χ4n) is 5.08. The first-order chi connectivity index (χ1) is 18.2. The zero-order valence-electron chi connectivity index (χ0n) is 20.4. The lowest BCUT2D eigenvalue weighted by atomic mass is 9.97. The molecule has 37 heavy (non-hydrogen) atoms. The Morgan fingerprint density at radius 3 is 2.68 bits per heavy atom. The van der Waals surface area contributed by atoms with Crippen LogP contribution < -0.4 is 25.2 Å². The van der Waals surface area contributed by atoms with Crippen molar-refractivity contribution in [3.05, 3.63) is 94.3 Å². The molecule has 1 aromatic heterocycles. The summed E-state index contributed by atoms with van der Waals surface area (Å²) in [5, 5.41) is 3.05. The van der Waals surface area contributed by atoms with Gasteiger partial charge in [-0.25, -0.2) is 4.98 Å². The molecule has 0 spiro atoms. The monoisotopic (exact) mass is 496 g/mol. The molecule has 1 fully saturated rings. The van der Waals surface area contributed by atoms with Crippen LogP contribution in [0.15, 0.2) is 77.6 Å². The zero-order valence-corrected chi connectivity index (χ0v) is 20.4. The molecule has 0 aliphatic carbocycles. The Hall–Kier alpha value is -4.33. The van der Waals surface area contributed by atoms with E-state index in [0.717, 1.165) is 40.8 Å². The van der Waals surface area contributed by atoms with Crippen LogP contribution in [-0.4, -0.2) is 35.3 Å². The maximum absolute atomic E-state index is 13.7. The van der Waals surface area contributed by atoms with E-state index >= 15 is 0 Å². The molecule has 6 rings (SSSR count). The number of fused-ring (bicyclic) bond motifs is 2. The molecule has 188 valence electrons. The molecule has 4 aromatic rings. The SMILES string of the molecule is O=C(NCc1ccc2c(c1)OCO2)C1CCCN(c2nc3ccccc3n(Cc3ccccc3)c2=O)C1. The number of rotatable bonds is 6. The molecule has 1 atom stereocenters. The zero-order chi connectivity index (χ0) is 25.2. The minimum Gasteiger partial charge on any atom is -0.454 e. The third kappa shape index (κ3) is 4.74. The minimum atomic E-state index is -0.224. The first-order valence-electron chi connectivity index (χ1n) is 12.6. The summed E-state index contributed by atoms with van der Waals surface area (Å²) in [5.74, 6) is 1.58. The number of aromatic nitrogens is 2. The summed E-state index contributed by atoms with van der Waals surface area (Å²) in [6, 6.07) is 23.3. The number of para-hydroxylation sites is 2. The van der Waals surface area contributed by atoms with E-state index in [4.69, 9.17) is 14.5 Å². The van der Waals surface area contributed by atoms with Gasteiger partial charge in [-0.05, 0) is 48.2 Å². The molecule has 3 heterocycles. The van der Waals surface area contributed by atoms with E-state index in [1.165, 1.54) is 0 Å². The van der Waals surface area contributed by atoms with Crippen molar-refractivity contribution >= 4 is 22.8 Å². The molecule has 8 nitrogen and oxygen atoms in total. The van der Waals surface area contributed by atoms with E-state index in [1.807, 2.05) is 77.7 Å². The lowest BCUT2D eigenvalue weighted by Crippen LogP contribution is -2.45. The number of hydrogen-bond acceptors (Lipinski definition) is 6. The Balaban J connectivity index is 1.21. The van der Waals surface area contributed by atoms with E-state index in [-0.39, 0.29) is 24.2 Å². The van der Waals surface area contributed by atoms with Gasteiger partial charge in [-0.2, -0.15) is 0 Å². The summed E-state index contributed by atoms with van der Waals surface area (Å²) in [6.07, 6.45) is 1.59. The van der Waals surface area contributed by atoms with E-state index < -0.39 is 0 Å². The Bertz CT molecular complexity index is 1500. The second kappa shape index (κ2) is 9.97. The summed E-state index contributed by atoms with van der Waals surface area (Å²) in [7, 11) is 0. The first-order valence-corrected chi connectivity index (χ1v) is 12.6. The van der Waals surface area contributed by atoms with Gasteiger partial charge in [0.05, 0.1) is 23.5 Å². The Morgan fingerprint density at radius 1 is 0.973 bits per heavy atom. The number of benzene rings is 3. The quantitative estimate of drug-likeness (QED) is 0.438. The van der Waals surface area contributed by atoms with Crippen molar-refractivity contribution < 1.29 is 14.3 Å². The summed E-state index contributed by atoms with van der Waals surface area (Å²) in [5.41, 5.74) is 3.43. The van der Waals surface area contributed by atoms with Crippen molar-refractivity contribution in [1.29, 1.82) is 0 Å². The second-order valence-corrected chi connectivity index (χ2v) is 9.49. The molecule has 0 bridgehead atoms. The Labute approximate surface area is 214 Å². The molecular weight excluding hydrogens is 468 g/mol. The lowest BCUT2D eigenvalue weighted by Gasteiger charge is -2.32. The summed E-state index contributed by atoms with van der Waals surface area (Å²) >= 11 is 0. The van der Waals surface area contributed by atoms with E-state index in [9.17, 15) is 9.59 Å². The third-order valence-corrected chi connectivity index (χ3v) is 7.01. The highest BCUT2D eigenvalue weighted by Crippen LogP contribution is 2.32. The van der Waals surface area contributed by atoms with Crippen molar-refractivity contribution in [3.63, 3.8) is 0 Å². The highest BCUT2D eigenvalue weighted by Gasteiger charge is 2.28. The van der Waals surface area contributed by atoms with E-state index in [2.05, 4.69) is 5.32 Å². The fraction of sp³-hybridized carbons (Fsp3) is 0.276. The van der Waals surface area contributed by atoms with Gasteiger partial charge in [-0.3, -0.25) is 14.2 Å². The van der Waals surface area contributed by atoms with Crippen LogP contribution in [0, 0.1) is 5.92 Å². The molecular formula is C29H28N4O4. The van der Waals surface area contributed by atoms with Gasteiger partial charge in [-0.1, -0.05) is 48.5 Å². The van der Waals surface area contributed by atoms with Gasteiger partial charge < -0.3 is 19.7 Å². The van der Waals surface area contributed by atoms with E-state index in [1.54, 1.807) is 4.57 Å². The normalized spacial score (nSPS) is 16.6. The number of ether oxygens (including phenoxy) is 2. The topological polar surface area (TPSA) is 85.7 Å². The average Bonchev–Trinajstić information content (AvgIpc) is 3.42. The summed E-state index contributed by atoms with van der Waals surface area (Å²) in [4.78, 5) is 33.5. The van der Waals surface area contributed by atoms with Crippen LogP contribution in [0.2, 0.25) is 0 Å². The van der Waals surface area contributed by atoms with Crippen LogP contribution in [0.25, 0.3) is 11.0 Å². The standard InChI is InChI=1S/C29H28N4O4/c34-28(30-16-21-12-13-25-26(15-21)37-19-36-25)22-9-6-14-32(18-22)27-29(35)33(17-20-7-2-1-3-8-20)24-11-5-4-10-23(24)31-27/h1-5,7-8,10-13,15,22H,6,9,14,16-19H2,(H,30,34). The molecule has 8 heteroatoms. The molecule has 3 aromatic carbocycles. The number of hydrogen-bond donors (Lipinski definition) is 1. The van der Waals surface area contributed by atoms with Gasteiger partial charge in [0.2, 0.25) is 12.7 Å². The highest BCUT2D eigenvalue weighted by atomic mass is 16.7. The molecule has 2 aliphatic heterocycles. The largest absolute Gasteiger partial charge is 0.454 e. The van der Waals surface area contributed by atoms with Gasteiger partial charge in [0.1, 0.15) is 0 Å². The number of nitrogens with one attached hydrogen (secondary N) is 1. The maximum Gasteiger partial charge on any atom is 0.294 e. The molecule has 1 saturated heterocycles. The van der Waals surface area contributed by atoms with E-state index in [0.29, 0.717) is 37.7 Å². The van der Waals surface area contributed by atoms with Crippen LogP contribution in [0.4, 0.5) is 5.82 Å². The van der Waals surface area contributed by atoms with Gasteiger partial charge in [0.15, 0.2) is 17.3 Å². The predicted molar refractivity (Wildman–Crippen MR) is 141 cm³/mol. The van der Waals surface area contributed by atoms with Crippen LogP contribution in [0.5, 0.6) is 11.5 Å². The molecule has 0 saturated carbocycles. The molecule has 1 unspecified atom stereocenters. The van der Waals surface area contributed by atoms with Gasteiger partial charge in [0.25, 0.3) is 5.56 Å². The lowest BCUT2D eigenvalue weighted by molar-refractivity contribution is -0.125. The second-order valence-electron chi connectivity index (χ2n) is 9.49. The van der Waals surface area contributed by atoms with Crippen LogP contribution in [0.3, 0.4) is 0 Å². The predicted octanol–water partition coefficient (Wildman–Crippen LogP) is 3.71. The first kappa shape index (κ1) is 23.1. The Kier molecular flexibility index (Phi) is 6.22. The van der Waals surface area contributed by atoms with Crippen molar-refractivity contribution in [2.75, 3.05) is 24.8 Å². The molecule has 2 aliphatic rings. The number of anilines is 1. The fourth-order valence-corrected chi connectivity index (χ4v) is 5.08. The summed E-state index contributed by atoms with van der Waals surface area (Å²) < 4.78 is 12.6. The van der Waals surface area contributed by atoms with Gasteiger partial charge >= 0.3 is 0 Å². The highest BCUT2D eigenvalue weighted by molar-refractivity contribution is 5.80. The third-order valence-electron chi connectivity index (χ3n) is 7.01. The number of piperidine rings is 1. The van der Waals surface area contributed by atoms with Crippen molar-refractivity contribution in [3.8, 4) is 11.5 Å². The van der Waals surface area contributed by atoms with Crippen LogP contribution >= 0.6 is 0 Å². The number of carbonyl (C=O) groups excluding carboxylic acids is 1. The Morgan fingerprint density at radius 2 is 1.78 bits per heavy atom. The van der Waals surface area contributed by atoms with Crippen molar-refractivity contribution in [2.45, 2.75) is 25.9 Å². The maximum atomic E-state index is 13.7. The van der Waals surface area contributed by atoms with Crippen molar-refractivity contribution in [2.24, 2.45) is 5.92 Å². The molecule has 1 N–H and O–H groups in total. The number of amides is 1. The smallest absolute Gasteiger partial charge is 0.294 e. The van der Waals surface area contributed by atoms with Crippen LogP contribution in [-0.2, 0) is 17.9 Å². The average molecular weight is 497 g/mol. The molecule has 0 radical (unpaired) electrons. The minimum absolute atomic E-state index is 0.0206. The number of nitrogens with zero attached hydrogens (tertiary/aromatic N) is 3. The molecule has 1 amide bonds.